The van der Waals surface area contributed by atoms with Crippen molar-refractivity contribution in [1.29, 1.82) is 0 Å². The third-order valence-electron chi connectivity index (χ3n) is 4.23. The van der Waals surface area contributed by atoms with Crippen molar-refractivity contribution in [2.45, 2.75) is 25.8 Å². The van der Waals surface area contributed by atoms with Crippen molar-refractivity contribution in [2.75, 3.05) is 6.54 Å². The number of hydrogen-bond acceptors (Lipinski definition) is 4. The number of carboxylic acids is 1. The third kappa shape index (κ3) is 3.17. The Balaban J connectivity index is 1.85. The highest BCUT2D eigenvalue weighted by molar-refractivity contribution is 7.16. The summed E-state index contributed by atoms with van der Waals surface area (Å²) in [5, 5.41) is 9.80. The first-order valence-corrected chi connectivity index (χ1v) is 8.53. The fraction of sp³-hybridized carbons (Fsp3) is 0.353. The van der Waals surface area contributed by atoms with E-state index in [2.05, 4.69) is 4.98 Å². The lowest BCUT2D eigenvalue weighted by molar-refractivity contribution is -0.144. The quantitative estimate of drug-likeness (QED) is 0.924. The van der Waals surface area contributed by atoms with E-state index in [9.17, 15) is 19.1 Å². The molecular formula is C17H17FN2O3S. The number of halogens is 1. The summed E-state index contributed by atoms with van der Waals surface area (Å²) in [6, 6.07) is 5.41. The first-order chi connectivity index (χ1) is 11.5. The van der Waals surface area contributed by atoms with Gasteiger partial charge in [0, 0.05) is 12.1 Å². The summed E-state index contributed by atoms with van der Waals surface area (Å²) in [5.74, 6) is -1.48. The molecule has 126 valence electrons. The molecule has 1 N–H and O–H groups in total. The predicted octanol–water partition coefficient (Wildman–Crippen LogP) is 3.27. The number of piperidine rings is 1. The molecule has 7 heteroatoms. The average molecular weight is 348 g/mol. The molecule has 1 aromatic heterocycles. The fourth-order valence-corrected chi connectivity index (χ4v) is 3.79. The number of carbonyl (C=O) groups is 2. The molecule has 1 amide bonds. The van der Waals surface area contributed by atoms with E-state index in [1.165, 1.54) is 17.2 Å². The maximum atomic E-state index is 13.8. The first-order valence-electron chi connectivity index (χ1n) is 7.72. The SMILES string of the molecule is CC1CCN(C(=O)c2cnc(-c3ccccc3F)s2)C(C(=O)O)C1. The third-order valence-corrected chi connectivity index (χ3v) is 5.25. The minimum atomic E-state index is -0.992. The normalized spacial score (nSPS) is 20.8. The summed E-state index contributed by atoms with van der Waals surface area (Å²) in [7, 11) is 0. The summed E-state index contributed by atoms with van der Waals surface area (Å²) in [6.45, 7) is 2.39. The number of hydrogen-bond donors (Lipinski definition) is 1. The Kier molecular flexibility index (Phi) is 4.62. The van der Waals surface area contributed by atoms with Crippen LogP contribution < -0.4 is 0 Å². The number of amides is 1. The van der Waals surface area contributed by atoms with E-state index < -0.39 is 17.8 Å². The Morgan fingerprint density at radius 2 is 2.12 bits per heavy atom. The lowest BCUT2D eigenvalue weighted by atomic mass is 9.92. The van der Waals surface area contributed by atoms with Crippen LogP contribution in [-0.4, -0.2) is 39.5 Å². The molecule has 3 rings (SSSR count). The van der Waals surface area contributed by atoms with Crippen LogP contribution >= 0.6 is 11.3 Å². The average Bonchev–Trinajstić information content (AvgIpc) is 3.04. The zero-order chi connectivity index (χ0) is 17.3. The standard InChI is InChI=1S/C17H17FN2O3S/c1-10-6-7-20(13(8-10)17(22)23)16(21)14-9-19-15(24-14)11-4-2-3-5-12(11)18/h2-5,9-10,13H,6-8H2,1H3,(H,22,23). The van der Waals surface area contributed by atoms with Crippen molar-refractivity contribution in [1.82, 2.24) is 9.88 Å². The van der Waals surface area contributed by atoms with Gasteiger partial charge in [-0.3, -0.25) is 4.79 Å². The molecular weight excluding hydrogens is 331 g/mol. The number of aliphatic carboxylic acids is 1. The van der Waals surface area contributed by atoms with Gasteiger partial charge in [-0.15, -0.1) is 11.3 Å². The van der Waals surface area contributed by atoms with Crippen LogP contribution in [0.4, 0.5) is 4.39 Å². The molecule has 0 aliphatic carbocycles. The summed E-state index contributed by atoms with van der Waals surface area (Å²) >= 11 is 1.08. The molecule has 1 aliphatic heterocycles. The van der Waals surface area contributed by atoms with Gasteiger partial charge in [0.05, 0.1) is 6.20 Å². The van der Waals surface area contributed by atoms with Gasteiger partial charge in [-0.1, -0.05) is 19.1 Å². The Labute approximate surface area is 142 Å². The van der Waals surface area contributed by atoms with Gasteiger partial charge in [0.15, 0.2) is 0 Å². The van der Waals surface area contributed by atoms with Crippen LogP contribution in [0, 0.1) is 11.7 Å². The molecule has 2 unspecified atom stereocenters. The molecule has 0 radical (unpaired) electrons. The van der Waals surface area contributed by atoms with Gasteiger partial charge in [-0.05, 0) is 30.9 Å². The number of aromatic nitrogens is 1. The number of rotatable bonds is 3. The maximum absolute atomic E-state index is 13.8. The Morgan fingerprint density at radius 1 is 1.38 bits per heavy atom. The van der Waals surface area contributed by atoms with Crippen molar-refractivity contribution in [3.05, 3.63) is 41.2 Å². The second kappa shape index (κ2) is 6.68. The van der Waals surface area contributed by atoms with Crippen LogP contribution in [0.5, 0.6) is 0 Å². The molecule has 1 fully saturated rings. The van der Waals surface area contributed by atoms with Crippen LogP contribution in [0.2, 0.25) is 0 Å². The van der Waals surface area contributed by atoms with E-state index in [4.69, 9.17) is 0 Å². The minimum absolute atomic E-state index is 0.269. The number of thiazole rings is 1. The highest BCUT2D eigenvalue weighted by Crippen LogP contribution is 2.30. The first kappa shape index (κ1) is 16.6. The van der Waals surface area contributed by atoms with Crippen LogP contribution in [0.25, 0.3) is 10.6 Å². The molecule has 1 aliphatic rings. The predicted molar refractivity (Wildman–Crippen MR) is 88.4 cm³/mol. The van der Waals surface area contributed by atoms with Gasteiger partial charge < -0.3 is 10.0 Å². The number of nitrogens with zero attached hydrogens (tertiary/aromatic N) is 2. The van der Waals surface area contributed by atoms with Crippen LogP contribution in [0.1, 0.15) is 29.4 Å². The Morgan fingerprint density at radius 3 is 2.83 bits per heavy atom. The maximum Gasteiger partial charge on any atom is 0.326 e. The Hall–Kier alpha value is -2.28. The van der Waals surface area contributed by atoms with E-state index >= 15 is 0 Å². The van der Waals surface area contributed by atoms with E-state index in [1.54, 1.807) is 18.2 Å². The zero-order valence-corrected chi connectivity index (χ0v) is 13.9. The molecule has 2 atom stereocenters. The molecule has 1 saturated heterocycles. The second-order valence-electron chi connectivity index (χ2n) is 5.99. The van der Waals surface area contributed by atoms with Crippen molar-refractivity contribution in [3.8, 4) is 10.6 Å². The van der Waals surface area contributed by atoms with E-state index in [0.29, 0.717) is 28.4 Å². The highest BCUT2D eigenvalue weighted by Gasteiger charge is 2.35. The van der Waals surface area contributed by atoms with Gasteiger partial charge in [-0.2, -0.15) is 0 Å². The fourth-order valence-electron chi connectivity index (χ4n) is 2.89. The summed E-state index contributed by atoms with van der Waals surface area (Å²) < 4.78 is 13.8. The van der Waals surface area contributed by atoms with E-state index in [0.717, 1.165) is 17.8 Å². The topological polar surface area (TPSA) is 70.5 Å². The molecule has 2 heterocycles. The molecule has 0 bridgehead atoms. The van der Waals surface area contributed by atoms with E-state index in [1.807, 2.05) is 6.92 Å². The smallest absolute Gasteiger partial charge is 0.326 e. The molecule has 2 aromatic rings. The molecule has 0 spiro atoms. The number of likely N-dealkylation sites (tertiary alicyclic amines) is 1. The number of carboxylic acid groups (broad SMARTS) is 1. The van der Waals surface area contributed by atoms with Gasteiger partial charge in [0.2, 0.25) is 0 Å². The highest BCUT2D eigenvalue weighted by atomic mass is 32.1. The molecule has 1 aromatic carbocycles. The van der Waals surface area contributed by atoms with Gasteiger partial charge in [-0.25, -0.2) is 14.2 Å². The lowest BCUT2D eigenvalue weighted by Crippen LogP contribution is -2.49. The molecule has 0 saturated carbocycles. The summed E-state index contributed by atoms with van der Waals surface area (Å²) in [5.41, 5.74) is 0.337. The van der Waals surface area contributed by atoms with Crippen LogP contribution in [0.3, 0.4) is 0 Å². The van der Waals surface area contributed by atoms with Gasteiger partial charge in [0.25, 0.3) is 5.91 Å². The van der Waals surface area contributed by atoms with E-state index in [-0.39, 0.29) is 11.8 Å². The van der Waals surface area contributed by atoms with Crippen LogP contribution in [-0.2, 0) is 4.79 Å². The number of benzene rings is 1. The van der Waals surface area contributed by atoms with Crippen molar-refractivity contribution >= 4 is 23.2 Å². The molecule has 5 nitrogen and oxygen atoms in total. The summed E-state index contributed by atoms with van der Waals surface area (Å²) in [6.07, 6.45) is 2.61. The van der Waals surface area contributed by atoms with Crippen molar-refractivity contribution < 1.29 is 19.1 Å². The van der Waals surface area contributed by atoms with Crippen LogP contribution in [0.15, 0.2) is 30.5 Å². The van der Waals surface area contributed by atoms with Gasteiger partial charge in [0.1, 0.15) is 21.7 Å². The summed E-state index contributed by atoms with van der Waals surface area (Å²) in [4.78, 5) is 30.0. The second-order valence-corrected chi connectivity index (χ2v) is 7.02. The largest absolute Gasteiger partial charge is 0.480 e. The minimum Gasteiger partial charge on any atom is -0.480 e. The monoisotopic (exact) mass is 348 g/mol. The Bertz CT molecular complexity index is 777. The zero-order valence-electron chi connectivity index (χ0n) is 13.1. The number of carbonyl (C=O) groups excluding carboxylic acids is 1. The van der Waals surface area contributed by atoms with Crippen molar-refractivity contribution in [3.63, 3.8) is 0 Å². The molecule has 24 heavy (non-hydrogen) atoms. The van der Waals surface area contributed by atoms with Gasteiger partial charge >= 0.3 is 5.97 Å². The van der Waals surface area contributed by atoms with Crippen molar-refractivity contribution in [2.24, 2.45) is 5.92 Å². The lowest BCUT2D eigenvalue weighted by Gasteiger charge is -2.35.